The van der Waals surface area contributed by atoms with Crippen LogP contribution in [0.4, 0.5) is 0 Å². The highest BCUT2D eigenvalue weighted by Gasteiger charge is 2.30. The second kappa shape index (κ2) is 3.78. The number of hydrogen-bond acceptors (Lipinski definition) is 2. The van der Waals surface area contributed by atoms with Crippen LogP contribution >= 0.6 is 11.6 Å². The Labute approximate surface area is 95.8 Å². The van der Waals surface area contributed by atoms with Gasteiger partial charge < -0.3 is 4.57 Å². The van der Waals surface area contributed by atoms with E-state index in [9.17, 15) is 0 Å². The minimum atomic E-state index is 0.328. The first-order valence-corrected chi connectivity index (χ1v) is 5.94. The van der Waals surface area contributed by atoms with Crippen LogP contribution in [0.5, 0.6) is 0 Å². The van der Waals surface area contributed by atoms with Gasteiger partial charge in [0, 0.05) is 12.5 Å². The zero-order valence-corrected chi connectivity index (χ0v) is 10.4. The molecule has 0 radical (unpaired) electrons. The fourth-order valence-electron chi connectivity index (χ4n) is 1.59. The van der Waals surface area contributed by atoms with Gasteiger partial charge in [-0.15, -0.1) is 10.2 Å². The van der Waals surface area contributed by atoms with Crippen molar-refractivity contribution in [3.05, 3.63) is 11.1 Å². The SMILES string of the molecule is CC(C)(C)CCn1c(Cl)nnc1C1CC1. The Balaban J connectivity index is 2.09. The summed E-state index contributed by atoms with van der Waals surface area (Å²) in [7, 11) is 0. The number of aromatic nitrogens is 3. The minimum absolute atomic E-state index is 0.328. The molecule has 1 heterocycles. The molecule has 1 saturated carbocycles. The lowest BCUT2D eigenvalue weighted by molar-refractivity contribution is 0.347. The predicted molar refractivity (Wildman–Crippen MR) is 61.1 cm³/mol. The zero-order valence-electron chi connectivity index (χ0n) is 9.63. The highest BCUT2D eigenvalue weighted by atomic mass is 35.5. The van der Waals surface area contributed by atoms with Crippen molar-refractivity contribution in [3.8, 4) is 0 Å². The van der Waals surface area contributed by atoms with E-state index in [1.165, 1.54) is 12.8 Å². The fraction of sp³-hybridized carbons (Fsp3) is 0.818. The van der Waals surface area contributed by atoms with Crippen LogP contribution in [-0.4, -0.2) is 14.8 Å². The first kappa shape index (κ1) is 10.9. The highest BCUT2D eigenvalue weighted by molar-refractivity contribution is 6.28. The zero-order chi connectivity index (χ0) is 11.1. The van der Waals surface area contributed by atoms with Crippen LogP contribution in [0.15, 0.2) is 0 Å². The van der Waals surface area contributed by atoms with Gasteiger partial charge >= 0.3 is 0 Å². The van der Waals surface area contributed by atoms with E-state index >= 15 is 0 Å². The van der Waals surface area contributed by atoms with Gasteiger partial charge in [0.1, 0.15) is 5.82 Å². The van der Waals surface area contributed by atoms with Gasteiger partial charge in [0.15, 0.2) is 0 Å². The maximum atomic E-state index is 6.04. The van der Waals surface area contributed by atoms with Crippen LogP contribution in [0, 0.1) is 5.41 Å². The molecule has 0 aliphatic heterocycles. The second-order valence-electron chi connectivity index (χ2n) is 5.56. The average Bonchev–Trinajstić information content (AvgIpc) is 2.87. The van der Waals surface area contributed by atoms with Crippen molar-refractivity contribution in [2.45, 2.75) is 52.5 Å². The monoisotopic (exact) mass is 227 g/mol. The van der Waals surface area contributed by atoms with Gasteiger partial charge in [-0.1, -0.05) is 20.8 Å². The largest absolute Gasteiger partial charge is 0.302 e. The Morgan fingerprint density at radius 3 is 2.53 bits per heavy atom. The number of halogens is 1. The molecule has 84 valence electrons. The molecule has 0 bridgehead atoms. The normalized spacial score (nSPS) is 17.1. The number of hydrogen-bond donors (Lipinski definition) is 0. The van der Waals surface area contributed by atoms with E-state index in [1.54, 1.807) is 0 Å². The van der Waals surface area contributed by atoms with Crippen LogP contribution in [0.25, 0.3) is 0 Å². The molecule has 0 spiro atoms. The Kier molecular flexibility index (Phi) is 2.75. The standard InChI is InChI=1S/C11H18ClN3/c1-11(2,3)6-7-15-9(8-4-5-8)13-14-10(15)12/h8H,4-7H2,1-3H3. The summed E-state index contributed by atoms with van der Waals surface area (Å²) in [5.74, 6) is 1.70. The molecule has 0 amide bonds. The van der Waals surface area contributed by atoms with Gasteiger partial charge in [-0.2, -0.15) is 0 Å². The molecule has 3 nitrogen and oxygen atoms in total. The summed E-state index contributed by atoms with van der Waals surface area (Å²) >= 11 is 6.04. The van der Waals surface area contributed by atoms with Gasteiger partial charge in [0.2, 0.25) is 5.28 Å². The average molecular weight is 228 g/mol. The van der Waals surface area contributed by atoms with Crippen molar-refractivity contribution >= 4 is 11.6 Å². The lowest BCUT2D eigenvalue weighted by Crippen LogP contribution is -2.12. The van der Waals surface area contributed by atoms with Crippen molar-refractivity contribution in [3.63, 3.8) is 0 Å². The molecule has 1 aliphatic rings. The smallest absolute Gasteiger partial charge is 0.225 e. The number of nitrogens with zero attached hydrogens (tertiary/aromatic N) is 3. The Morgan fingerprint density at radius 1 is 1.33 bits per heavy atom. The van der Waals surface area contributed by atoms with Gasteiger partial charge in [-0.05, 0) is 36.3 Å². The molecule has 1 aromatic heterocycles. The molecule has 0 N–H and O–H groups in total. The third-order valence-corrected chi connectivity index (χ3v) is 3.04. The highest BCUT2D eigenvalue weighted by Crippen LogP contribution is 2.39. The maximum absolute atomic E-state index is 6.04. The molecule has 0 aromatic carbocycles. The van der Waals surface area contributed by atoms with Crippen LogP contribution in [0.2, 0.25) is 5.28 Å². The fourth-order valence-corrected chi connectivity index (χ4v) is 1.80. The summed E-state index contributed by atoms with van der Waals surface area (Å²) in [5, 5.41) is 8.66. The van der Waals surface area contributed by atoms with Crippen LogP contribution in [-0.2, 0) is 6.54 Å². The molecule has 1 aromatic rings. The summed E-state index contributed by atoms with van der Waals surface area (Å²) in [6.45, 7) is 7.65. The van der Waals surface area contributed by atoms with E-state index in [-0.39, 0.29) is 0 Å². The Morgan fingerprint density at radius 2 is 2.00 bits per heavy atom. The molecule has 1 fully saturated rings. The maximum Gasteiger partial charge on any atom is 0.225 e. The van der Waals surface area contributed by atoms with Crippen molar-refractivity contribution in [1.29, 1.82) is 0 Å². The van der Waals surface area contributed by atoms with Crippen molar-refractivity contribution < 1.29 is 0 Å². The molecule has 0 atom stereocenters. The lowest BCUT2D eigenvalue weighted by atomic mass is 9.92. The molecule has 15 heavy (non-hydrogen) atoms. The predicted octanol–water partition coefficient (Wildman–Crippen LogP) is 3.25. The molecular formula is C11H18ClN3. The minimum Gasteiger partial charge on any atom is -0.302 e. The summed E-state index contributed by atoms with van der Waals surface area (Å²) in [5.41, 5.74) is 0.328. The quantitative estimate of drug-likeness (QED) is 0.794. The third kappa shape index (κ3) is 2.71. The first-order chi connectivity index (χ1) is 6.97. The summed E-state index contributed by atoms with van der Waals surface area (Å²) in [6, 6.07) is 0. The van der Waals surface area contributed by atoms with Gasteiger partial charge in [0.05, 0.1) is 0 Å². The van der Waals surface area contributed by atoms with E-state index in [4.69, 9.17) is 11.6 Å². The van der Waals surface area contributed by atoms with E-state index in [0.29, 0.717) is 16.6 Å². The summed E-state index contributed by atoms with van der Waals surface area (Å²) in [6.07, 6.45) is 3.58. The lowest BCUT2D eigenvalue weighted by Gasteiger charge is -2.18. The van der Waals surface area contributed by atoms with E-state index in [2.05, 4.69) is 35.5 Å². The molecule has 2 rings (SSSR count). The molecule has 1 aliphatic carbocycles. The van der Waals surface area contributed by atoms with Gasteiger partial charge in [-0.3, -0.25) is 0 Å². The summed E-state index contributed by atoms with van der Waals surface area (Å²) in [4.78, 5) is 0. The van der Waals surface area contributed by atoms with Crippen molar-refractivity contribution in [2.24, 2.45) is 5.41 Å². The van der Waals surface area contributed by atoms with Gasteiger partial charge in [-0.25, -0.2) is 0 Å². The van der Waals surface area contributed by atoms with Gasteiger partial charge in [0.25, 0.3) is 0 Å². The van der Waals surface area contributed by atoms with Crippen LogP contribution < -0.4 is 0 Å². The number of rotatable bonds is 3. The van der Waals surface area contributed by atoms with E-state index in [0.717, 1.165) is 18.8 Å². The van der Waals surface area contributed by atoms with Crippen molar-refractivity contribution in [1.82, 2.24) is 14.8 Å². The topological polar surface area (TPSA) is 30.7 Å². The van der Waals surface area contributed by atoms with E-state index in [1.807, 2.05) is 0 Å². The molecular weight excluding hydrogens is 210 g/mol. The molecule has 4 heteroatoms. The van der Waals surface area contributed by atoms with Crippen LogP contribution in [0.1, 0.15) is 51.8 Å². The third-order valence-electron chi connectivity index (χ3n) is 2.76. The van der Waals surface area contributed by atoms with E-state index < -0.39 is 0 Å². The second-order valence-corrected chi connectivity index (χ2v) is 5.90. The first-order valence-electron chi connectivity index (χ1n) is 5.56. The Bertz CT molecular complexity index is 347. The Hall–Kier alpha value is -0.570. The van der Waals surface area contributed by atoms with Crippen LogP contribution in [0.3, 0.4) is 0 Å². The van der Waals surface area contributed by atoms with Crippen molar-refractivity contribution in [2.75, 3.05) is 0 Å². The summed E-state index contributed by atoms with van der Waals surface area (Å²) < 4.78 is 2.07. The molecule has 0 saturated heterocycles. The molecule has 0 unspecified atom stereocenters.